The zero-order valence-corrected chi connectivity index (χ0v) is 14.8. The Bertz CT molecular complexity index is 482. The Morgan fingerprint density at radius 1 is 0.963 bits per heavy atom. The lowest BCUT2D eigenvalue weighted by Gasteiger charge is -2.39. The zero-order chi connectivity index (χ0) is 19.4. The van der Waals surface area contributed by atoms with Crippen LogP contribution in [0.25, 0.3) is 0 Å². The van der Waals surface area contributed by atoms with E-state index in [0.29, 0.717) is 25.9 Å². The van der Waals surface area contributed by atoms with Crippen molar-refractivity contribution in [2.24, 2.45) is 5.18 Å². The average molecular weight is 393 g/mol. The zero-order valence-electron chi connectivity index (χ0n) is 14.8. The molecular weight excluding hydrogens is 366 g/mol. The van der Waals surface area contributed by atoms with Gasteiger partial charge in [0.1, 0.15) is 18.3 Å². The molecule has 3 fully saturated rings. The van der Waals surface area contributed by atoms with Crippen LogP contribution in [-0.4, -0.2) is 102 Å². The fourth-order valence-corrected chi connectivity index (χ4v) is 3.49. The number of hydrogen-bond donors (Lipinski definition) is 4. The molecule has 156 valence electrons. The van der Waals surface area contributed by atoms with Crippen LogP contribution in [-0.2, 0) is 23.7 Å². The van der Waals surface area contributed by atoms with E-state index < -0.39 is 49.1 Å². The van der Waals surface area contributed by atoms with E-state index in [-0.39, 0.29) is 25.9 Å². The van der Waals surface area contributed by atoms with Crippen molar-refractivity contribution in [1.29, 1.82) is 0 Å². The van der Waals surface area contributed by atoms with E-state index in [2.05, 4.69) is 5.18 Å². The number of nitrogens with zero attached hydrogens (tertiary/aromatic N) is 1. The highest BCUT2D eigenvalue weighted by molar-refractivity contribution is 4.84. The van der Waals surface area contributed by atoms with E-state index >= 15 is 0 Å². The summed E-state index contributed by atoms with van der Waals surface area (Å²) in [4.78, 5) is 10.8. The molecule has 0 saturated carbocycles. The third-order valence-electron chi connectivity index (χ3n) is 4.95. The van der Waals surface area contributed by atoms with Crippen molar-refractivity contribution in [3.8, 4) is 0 Å². The molecule has 0 aromatic heterocycles. The summed E-state index contributed by atoms with van der Waals surface area (Å²) >= 11 is 0. The third-order valence-corrected chi connectivity index (χ3v) is 4.95. The minimum atomic E-state index is -1.37. The summed E-state index contributed by atoms with van der Waals surface area (Å²) in [7, 11) is 0. The molecule has 0 unspecified atom stereocenters. The number of hydrogen-bond acceptors (Lipinski definition) is 11. The molecule has 3 rings (SSSR count). The van der Waals surface area contributed by atoms with Crippen LogP contribution in [0.5, 0.6) is 0 Å². The molecule has 0 radical (unpaired) electrons. The molecule has 0 bridgehead atoms. The van der Waals surface area contributed by atoms with Gasteiger partial charge in [-0.25, -0.2) is 0 Å². The molecule has 3 heterocycles. The summed E-state index contributed by atoms with van der Waals surface area (Å²) in [6, 6.07) is -0.476. The average Bonchev–Trinajstić information content (AvgIpc) is 2.68. The Balaban J connectivity index is 1.50. The Kier molecular flexibility index (Phi) is 7.48. The van der Waals surface area contributed by atoms with Crippen molar-refractivity contribution in [2.45, 2.75) is 74.5 Å². The Morgan fingerprint density at radius 2 is 1.70 bits per heavy atom. The van der Waals surface area contributed by atoms with Crippen LogP contribution < -0.4 is 0 Å². The van der Waals surface area contributed by atoms with Crippen LogP contribution in [0.1, 0.15) is 19.3 Å². The Hall–Kier alpha value is -0.760. The number of rotatable bonds is 6. The van der Waals surface area contributed by atoms with Crippen molar-refractivity contribution >= 4 is 0 Å². The van der Waals surface area contributed by atoms with Crippen LogP contribution >= 0.6 is 0 Å². The first kappa shape index (κ1) is 21.0. The van der Waals surface area contributed by atoms with Gasteiger partial charge in [-0.3, -0.25) is 0 Å². The van der Waals surface area contributed by atoms with E-state index in [0.717, 1.165) is 0 Å². The maximum absolute atomic E-state index is 10.8. The highest BCUT2D eigenvalue weighted by Crippen LogP contribution is 2.27. The van der Waals surface area contributed by atoms with Gasteiger partial charge < -0.3 is 44.1 Å². The van der Waals surface area contributed by atoms with Crippen LogP contribution in [0.15, 0.2) is 5.18 Å². The SMILES string of the molecule is O=N[C@@H]1C[C@H](CO)O[C@H](O[C@H]2COC[C@@H](O[C@H]3OC[C@@H](O)[C@H](O)[C@H]3O)C2)C1. The molecule has 4 N–H and O–H groups in total. The third kappa shape index (κ3) is 5.40. The molecule has 0 aromatic rings. The molecule has 3 aliphatic rings. The first-order valence-corrected chi connectivity index (χ1v) is 9.13. The smallest absolute Gasteiger partial charge is 0.186 e. The largest absolute Gasteiger partial charge is 0.394 e. The topological polar surface area (TPSA) is 156 Å². The summed E-state index contributed by atoms with van der Waals surface area (Å²) in [5.74, 6) is 0. The monoisotopic (exact) mass is 393 g/mol. The summed E-state index contributed by atoms with van der Waals surface area (Å²) in [6.07, 6.45) is -5.90. The minimum absolute atomic E-state index is 0.144. The lowest BCUT2D eigenvalue weighted by atomic mass is 10.0. The Morgan fingerprint density at radius 3 is 2.41 bits per heavy atom. The van der Waals surface area contributed by atoms with Crippen molar-refractivity contribution < 1.29 is 44.1 Å². The summed E-state index contributed by atoms with van der Waals surface area (Å²) in [6.45, 7) is 0.200. The van der Waals surface area contributed by atoms with E-state index in [9.17, 15) is 25.3 Å². The van der Waals surface area contributed by atoms with Crippen LogP contribution in [0, 0.1) is 4.91 Å². The molecular formula is C16H27NO10. The predicted molar refractivity (Wildman–Crippen MR) is 87.5 cm³/mol. The number of aliphatic hydroxyl groups is 4. The van der Waals surface area contributed by atoms with Crippen molar-refractivity contribution in [2.75, 3.05) is 26.4 Å². The van der Waals surface area contributed by atoms with E-state index in [1.165, 1.54) is 0 Å². The quantitative estimate of drug-likeness (QED) is 0.382. The standard InChI is InChI=1S/C16H27NO10/c18-4-9-1-8(17-22)2-13(25-9)26-10-3-11(6-23-5-10)27-16-15(21)14(20)12(19)7-24-16/h8-16,18-21H,1-7H2/t8-,9-,10-,11+,12-,13-,14+,15-,16-/m1/s1. The molecule has 0 amide bonds. The number of nitroso groups, excluding NO2 is 1. The van der Waals surface area contributed by atoms with Gasteiger partial charge in [0.2, 0.25) is 0 Å². The van der Waals surface area contributed by atoms with Gasteiger partial charge in [0.15, 0.2) is 12.6 Å². The maximum Gasteiger partial charge on any atom is 0.186 e. The second kappa shape index (κ2) is 9.63. The van der Waals surface area contributed by atoms with Crippen LogP contribution in [0.4, 0.5) is 0 Å². The maximum atomic E-state index is 10.8. The fraction of sp³-hybridized carbons (Fsp3) is 1.00. The van der Waals surface area contributed by atoms with Gasteiger partial charge in [-0.1, -0.05) is 5.18 Å². The second-order valence-electron chi connectivity index (χ2n) is 7.14. The summed E-state index contributed by atoms with van der Waals surface area (Å²) in [5.41, 5.74) is 0. The molecule has 3 aliphatic heterocycles. The molecule has 0 aliphatic carbocycles. The Labute approximate surface area is 156 Å². The lowest BCUT2D eigenvalue weighted by molar-refractivity contribution is -0.299. The van der Waals surface area contributed by atoms with Gasteiger partial charge >= 0.3 is 0 Å². The minimum Gasteiger partial charge on any atom is -0.394 e. The van der Waals surface area contributed by atoms with Gasteiger partial charge in [0.25, 0.3) is 0 Å². The van der Waals surface area contributed by atoms with E-state index in [1.54, 1.807) is 0 Å². The van der Waals surface area contributed by atoms with Gasteiger partial charge in [-0.2, -0.15) is 4.91 Å². The molecule has 11 heteroatoms. The van der Waals surface area contributed by atoms with Gasteiger partial charge in [-0.05, 0) is 0 Å². The van der Waals surface area contributed by atoms with Gasteiger partial charge in [-0.15, -0.1) is 0 Å². The normalized spacial score (nSPS) is 46.1. The van der Waals surface area contributed by atoms with Crippen molar-refractivity contribution in [3.63, 3.8) is 0 Å². The van der Waals surface area contributed by atoms with Gasteiger partial charge in [0, 0.05) is 19.3 Å². The summed E-state index contributed by atoms with van der Waals surface area (Å²) < 4.78 is 27.8. The van der Waals surface area contributed by atoms with E-state index in [1.807, 2.05) is 0 Å². The van der Waals surface area contributed by atoms with Gasteiger partial charge in [0.05, 0.1) is 50.8 Å². The molecule has 3 saturated heterocycles. The predicted octanol–water partition coefficient (Wildman–Crippen LogP) is -1.75. The highest BCUT2D eigenvalue weighted by Gasteiger charge is 2.41. The second-order valence-corrected chi connectivity index (χ2v) is 7.14. The van der Waals surface area contributed by atoms with Crippen LogP contribution in [0.2, 0.25) is 0 Å². The molecule has 0 aromatic carbocycles. The van der Waals surface area contributed by atoms with Crippen molar-refractivity contribution in [3.05, 3.63) is 4.91 Å². The molecule has 9 atom stereocenters. The molecule has 0 spiro atoms. The van der Waals surface area contributed by atoms with Crippen molar-refractivity contribution in [1.82, 2.24) is 0 Å². The fourth-order valence-electron chi connectivity index (χ4n) is 3.49. The van der Waals surface area contributed by atoms with Crippen LogP contribution in [0.3, 0.4) is 0 Å². The number of ether oxygens (including phenoxy) is 5. The van der Waals surface area contributed by atoms with E-state index in [4.69, 9.17) is 23.7 Å². The highest BCUT2D eigenvalue weighted by atomic mass is 16.7. The first-order valence-electron chi connectivity index (χ1n) is 9.13. The molecule has 27 heavy (non-hydrogen) atoms. The lowest BCUT2D eigenvalue weighted by Crippen LogP contribution is -2.55. The first-order chi connectivity index (χ1) is 13.0. The molecule has 11 nitrogen and oxygen atoms in total. The summed E-state index contributed by atoms with van der Waals surface area (Å²) in [5, 5.41) is 41.5. The number of aliphatic hydroxyl groups excluding tert-OH is 4.